The van der Waals surface area contributed by atoms with E-state index in [1.807, 2.05) is 12.2 Å². The molecular weight excluding hydrogens is 383 g/mol. The standard InChI is InChI=1S/C20H29IO/c1-5-8-18(20(21)9-6-2)14-17-10-12-19(13-11-17)22-15-16(4)7-3/h5-6,9-12,16,18-19H,1-2,7-8,13-15H2,3-4H3/b20-9+/t16?,18-,19?/m1/s1. The van der Waals surface area contributed by atoms with Crippen molar-refractivity contribution in [2.45, 2.75) is 45.6 Å². The minimum absolute atomic E-state index is 0.249. The first-order valence-corrected chi connectivity index (χ1v) is 9.26. The maximum absolute atomic E-state index is 5.95. The highest BCUT2D eigenvalue weighted by Crippen LogP contribution is 2.30. The van der Waals surface area contributed by atoms with E-state index in [0.717, 1.165) is 25.9 Å². The molecule has 0 N–H and O–H groups in total. The fourth-order valence-corrected chi connectivity index (χ4v) is 3.08. The molecule has 0 radical (unpaired) electrons. The molecule has 22 heavy (non-hydrogen) atoms. The average molecular weight is 412 g/mol. The second-order valence-electron chi connectivity index (χ2n) is 5.97. The van der Waals surface area contributed by atoms with E-state index >= 15 is 0 Å². The molecule has 0 bridgehead atoms. The molecule has 2 unspecified atom stereocenters. The third kappa shape index (κ3) is 7.10. The van der Waals surface area contributed by atoms with Gasteiger partial charge in [-0.05, 0) is 57.3 Å². The molecule has 1 rings (SSSR count). The van der Waals surface area contributed by atoms with Crippen molar-refractivity contribution in [3.05, 3.63) is 58.8 Å². The number of hydrogen-bond acceptors (Lipinski definition) is 1. The highest BCUT2D eigenvalue weighted by atomic mass is 127. The first-order valence-electron chi connectivity index (χ1n) is 8.18. The minimum Gasteiger partial charge on any atom is -0.374 e. The first kappa shape index (κ1) is 19.4. The Bertz CT molecular complexity index is 445. The van der Waals surface area contributed by atoms with Gasteiger partial charge in [0, 0.05) is 6.61 Å². The number of rotatable bonds is 10. The van der Waals surface area contributed by atoms with Crippen LogP contribution in [0, 0.1) is 11.8 Å². The zero-order valence-corrected chi connectivity index (χ0v) is 16.1. The lowest BCUT2D eigenvalue weighted by Crippen LogP contribution is -2.16. The molecule has 1 aliphatic carbocycles. The highest BCUT2D eigenvalue weighted by molar-refractivity contribution is 14.1. The van der Waals surface area contributed by atoms with Crippen molar-refractivity contribution < 1.29 is 4.74 Å². The number of hydrogen-bond donors (Lipinski definition) is 0. The summed E-state index contributed by atoms with van der Waals surface area (Å²) in [4.78, 5) is 0. The van der Waals surface area contributed by atoms with Crippen molar-refractivity contribution in [2.24, 2.45) is 11.8 Å². The van der Waals surface area contributed by atoms with Crippen LogP contribution in [-0.2, 0) is 4.74 Å². The summed E-state index contributed by atoms with van der Waals surface area (Å²) in [5, 5.41) is 0. The van der Waals surface area contributed by atoms with Gasteiger partial charge in [-0.1, -0.05) is 68.9 Å². The molecule has 0 amide bonds. The summed E-state index contributed by atoms with van der Waals surface area (Å²) in [6.45, 7) is 13.0. The molecule has 1 aliphatic rings. The molecule has 0 saturated heterocycles. The molecule has 0 aromatic heterocycles. The van der Waals surface area contributed by atoms with Crippen molar-refractivity contribution >= 4 is 22.6 Å². The topological polar surface area (TPSA) is 9.23 Å². The van der Waals surface area contributed by atoms with Gasteiger partial charge >= 0.3 is 0 Å². The van der Waals surface area contributed by atoms with Gasteiger partial charge in [0.1, 0.15) is 0 Å². The summed E-state index contributed by atoms with van der Waals surface area (Å²) in [6, 6.07) is 0. The largest absolute Gasteiger partial charge is 0.374 e. The molecule has 0 aromatic rings. The van der Waals surface area contributed by atoms with Crippen molar-refractivity contribution in [1.82, 2.24) is 0 Å². The lowest BCUT2D eigenvalue weighted by Gasteiger charge is -2.21. The molecule has 0 saturated carbocycles. The van der Waals surface area contributed by atoms with E-state index in [4.69, 9.17) is 4.74 Å². The fraction of sp³-hybridized carbons (Fsp3) is 0.500. The SMILES string of the molecule is C=C/C=C(/I)[C@H](CC=C)CC1=CCC(OCC(C)CC)C=C1. The van der Waals surface area contributed by atoms with Gasteiger partial charge in [0.05, 0.1) is 6.10 Å². The fourth-order valence-electron chi connectivity index (χ4n) is 2.35. The summed E-state index contributed by atoms with van der Waals surface area (Å²) >= 11 is 2.42. The number of ether oxygens (including phenoxy) is 1. The Kier molecular flexibility index (Phi) is 9.73. The third-order valence-electron chi connectivity index (χ3n) is 4.03. The molecule has 1 nitrogen and oxygen atoms in total. The van der Waals surface area contributed by atoms with Gasteiger partial charge in [-0.2, -0.15) is 0 Å². The van der Waals surface area contributed by atoms with Crippen LogP contribution in [0.15, 0.2) is 58.8 Å². The Morgan fingerprint density at radius 3 is 2.82 bits per heavy atom. The number of halogens is 1. The van der Waals surface area contributed by atoms with Crippen molar-refractivity contribution in [2.75, 3.05) is 6.61 Å². The Morgan fingerprint density at radius 2 is 2.27 bits per heavy atom. The molecule has 0 fully saturated rings. The van der Waals surface area contributed by atoms with E-state index in [1.165, 1.54) is 15.6 Å². The van der Waals surface area contributed by atoms with Gasteiger partial charge in [-0.15, -0.1) is 6.58 Å². The van der Waals surface area contributed by atoms with Gasteiger partial charge < -0.3 is 4.74 Å². The second-order valence-corrected chi connectivity index (χ2v) is 7.22. The van der Waals surface area contributed by atoms with Crippen LogP contribution in [-0.4, -0.2) is 12.7 Å². The zero-order valence-electron chi connectivity index (χ0n) is 13.9. The van der Waals surface area contributed by atoms with E-state index in [0.29, 0.717) is 11.8 Å². The average Bonchev–Trinajstić information content (AvgIpc) is 2.53. The summed E-state index contributed by atoms with van der Waals surface area (Å²) in [5.74, 6) is 1.14. The van der Waals surface area contributed by atoms with Gasteiger partial charge in [0.15, 0.2) is 0 Å². The van der Waals surface area contributed by atoms with Crippen LogP contribution < -0.4 is 0 Å². The van der Waals surface area contributed by atoms with Crippen molar-refractivity contribution in [3.8, 4) is 0 Å². The molecule has 0 heterocycles. The summed E-state index contributed by atoms with van der Waals surface area (Å²) in [5.41, 5.74) is 1.40. The van der Waals surface area contributed by atoms with Crippen LogP contribution in [0.1, 0.15) is 39.5 Å². The summed E-state index contributed by atoms with van der Waals surface area (Å²) in [6.07, 6.45) is 17.2. The third-order valence-corrected chi connectivity index (χ3v) is 5.27. The molecule has 0 aromatic carbocycles. The van der Waals surface area contributed by atoms with Crippen molar-refractivity contribution in [3.63, 3.8) is 0 Å². The van der Waals surface area contributed by atoms with Crippen LogP contribution in [0.5, 0.6) is 0 Å². The lowest BCUT2D eigenvalue weighted by atomic mass is 9.92. The quantitative estimate of drug-likeness (QED) is 0.230. The molecule has 0 spiro atoms. The van der Waals surface area contributed by atoms with Crippen LogP contribution in [0.2, 0.25) is 0 Å². The Labute approximate surface area is 150 Å². The maximum Gasteiger partial charge on any atom is 0.0793 e. The second kappa shape index (κ2) is 11.0. The van der Waals surface area contributed by atoms with Crippen LogP contribution in [0.3, 0.4) is 0 Å². The monoisotopic (exact) mass is 412 g/mol. The molecule has 2 heteroatoms. The number of allylic oxidation sites excluding steroid dienone is 6. The normalized spacial score (nSPS) is 21.1. The Balaban J connectivity index is 2.52. The van der Waals surface area contributed by atoms with Crippen LogP contribution >= 0.6 is 22.6 Å². The first-order chi connectivity index (χ1) is 10.6. The Morgan fingerprint density at radius 1 is 1.50 bits per heavy atom. The molecular formula is C20H29IO. The van der Waals surface area contributed by atoms with E-state index in [9.17, 15) is 0 Å². The summed E-state index contributed by atoms with van der Waals surface area (Å²) in [7, 11) is 0. The molecule has 122 valence electrons. The van der Waals surface area contributed by atoms with E-state index in [2.05, 4.69) is 73.9 Å². The van der Waals surface area contributed by atoms with Gasteiger partial charge in [-0.3, -0.25) is 0 Å². The van der Waals surface area contributed by atoms with E-state index < -0.39 is 0 Å². The van der Waals surface area contributed by atoms with Gasteiger partial charge in [0.2, 0.25) is 0 Å². The smallest absolute Gasteiger partial charge is 0.0793 e. The zero-order chi connectivity index (χ0) is 16.4. The van der Waals surface area contributed by atoms with Gasteiger partial charge in [0.25, 0.3) is 0 Å². The van der Waals surface area contributed by atoms with E-state index in [1.54, 1.807) is 0 Å². The molecule has 0 aliphatic heterocycles. The Hall–Kier alpha value is -0.610. The van der Waals surface area contributed by atoms with Crippen molar-refractivity contribution in [1.29, 1.82) is 0 Å². The van der Waals surface area contributed by atoms with Crippen LogP contribution in [0.4, 0.5) is 0 Å². The predicted octanol–water partition coefficient (Wildman–Crippen LogP) is 6.39. The highest BCUT2D eigenvalue weighted by Gasteiger charge is 2.15. The maximum atomic E-state index is 5.95. The van der Waals surface area contributed by atoms with E-state index in [-0.39, 0.29) is 6.10 Å². The lowest BCUT2D eigenvalue weighted by molar-refractivity contribution is 0.0611. The summed E-state index contributed by atoms with van der Waals surface area (Å²) < 4.78 is 7.29. The van der Waals surface area contributed by atoms with Gasteiger partial charge in [-0.25, -0.2) is 0 Å². The van der Waals surface area contributed by atoms with Crippen LogP contribution in [0.25, 0.3) is 0 Å². The predicted molar refractivity (Wildman–Crippen MR) is 106 cm³/mol. The minimum atomic E-state index is 0.249. The molecule has 3 atom stereocenters.